The number of phenolic OH excluding ortho intramolecular Hbond substituents is 1. The smallest absolute Gasteiger partial charge is 0.227 e. The topological polar surface area (TPSA) is 73.2 Å². The molecule has 0 unspecified atom stereocenters. The van der Waals surface area contributed by atoms with E-state index in [4.69, 9.17) is 4.74 Å². The number of fused-ring (bicyclic) bond motifs is 1. The number of hydrogen-bond acceptors (Lipinski definition) is 5. The van der Waals surface area contributed by atoms with Crippen LogP contribution in [0.2, 0.25) is 0 Å². The van der Waals surface area contributed by atoms with Gasteiger partial charge in [-0.15, -0.1) is 0 Å². The van der Waals surface area contributed by atoms with Crippen LogP contribution in [0.3, 0.4) is 0 Å². The predicted molar refractivity (Wildman–Crippen MR) is 133 cm³/mol. The van der Waals surface area contributed by atoms with Gasteiger partial charge in [0.05, 0.1) is 23.3 Å². The van der Waals surface area contributed by atoms with Gasteiger partial charge in [0.1, 0.15) is 5.82 Å². The van der Waals surface area contributed by atoms with Crippen molar-refractivity contribution in [1.82, 2.24) is 9.80 Å². The second-order valence-corrected chi connectivity index (χ2v) is 12.0. The molecule has 1 spiro atoms. The van der Waals surface area contributed by atoms with Crippen molar-refractivity contribution in [1.29, 1.82) is 0 Å². The summed E-state index contributed by atoms with van der Waals surface area (Å²) in [5.74, 6) is 0.937. The number of carbonyl (C=O) groups excluding carboxylic acids is 1. The van der Waals surface area contributed by atoms with Crippen LogP contribution in [0.4, 0.5) is 4.39 Å². The molecule has 1 saturated heterocycles. The molecule has 2 N–H and O–H groups in total. The second-order valence-electron chi connectivity index (χ2n) is 12.0. The minimum atomic E-state index is -1.04. The number of benzene rings is 2. The van der Waals surface area contributed by atoms with Gasteiger partial charge in [0.2, 0.25) is 5.91 Å². The Balaban J connectivity index is 1.30. The van der Waals surface area contributed by atoms with Crippen LogP contribution >= 0.6 is 0 Å². The molecule has 2 aromatic carbocycles. The summed E-state index contributed by atoms with van der Waals surface area (Å²) in [7, 11) is 0. The van der Waals surface area contributed by atoms with E-state index in [0.29, 0.717) is 31.4 Å². The average molecular weight is 503 g/mol. The quantitative estimate of drug-likeness (QED) is 0.666. The molecule has 0 aromatic heterocycles. The van der Waals surface area contributed by atoms with E-state index in [0.717, 1.165) is 53.4 Å². The van der Waals surface area contributed by atoms with Gasteiger partial charge in [-0.25, -0.2) is 4.39 Å². The molecular weight excluding hydrogens is 471 g/mol. The number of ether oxygens (including phenoxy) is 1. The Bertz CT molecular complexity index is 1390. The Labute approximate surface area is 215 Å². The van der Waals surface area contributed by atoms with Crippen molar-refractivity contribution in [2.45, 2.75) is 74.7 Å². The van der Waals surface area contributed by atoms with Crippen LogP contribution in [0.15, 0.2) is 47.7 Å². The Hall–Kier alpha value is -2.90. The number of phenols is 1. The summed E-state index contributed by atoms with van der Waals surface area (Å²) < 4.78 is 20.7. The molecule has 4 atom stereocenters. The molecule has 7 heteroatoms. The summed E-state index contributed by atoms with van der Waals surface area (Å²) >= 11 is 0. The van der Waals surface area contributed by atoms with Crippen LogP contribution in [0.5, 0.6) is 11.5 Å². The predicted octanol–water partition coefficient (Wildman–Crippen LogP) is 3.78. The largest absolute Gasteiger partial charge is 0.504 e. The zero-order valence-electron chi connectivity index (χ0n) is 20.8. The van der Waals surface area contributed by atoms with Crippen molar-refractivity contribution in [2.75, 3.05) is 13.1 Å². The number of aromatic hydroxyl groups is 1. The zero-order chi connectivity index (χ0) is 25.1. The summed E-state index contributed by atoms with van der Waals surface area (Å²) in [5.41, 5.74) is 2.92. The molecule has 1 amide bonds. The van der Waals surface area contributed by atoms with E-state index in [9.17, 15) is 19.4 Å². The van der Waals surface area contributed by atoms with Gasteiger partial charge < -0.3 is 19.8 Å². The van der Waals surface area contributed by atoms with Crippen molar-refractivity contribution in [3.63, 3.8) is 0 Å². The third-order valence-corrected chi connectivity index (χ3v) is 10.1. The number of amides is 1. The monoisotopic (exact) mass is 502 g/mol. The molecule has 2 fully saturated rings. The number of carbonyl (C=O) groups is 1. The number of halogens is 1. The van der Waals surface area contributed by atoms with Crippen LogP contribution in [-0.2, 0) is 23.2 Å². The van der Waals surface area contributed by atoms with Crippen molar-refractivity contribution >= 4 is 5.91 Å². The molecule has 3 heterocycles. The molecule has 6 nitrogen and oxygen atoms in total. The maximum Gasteiger partial charge on any atom is 0.227 e. The molecule has 1 saturated carbocycles. The van der Waals surface area contributed by atoms with Gasteiger partial charge in [0.15, 0.2) is 17.6 Å². The van der Waals surface area contributed by atoms with E-state index < -0.39 is 17.1 Å². The van der Waals surface area contributed by atoms with Crippen LogP contribution in [0, 0.1) is 11.7 Å². The summed E-state index contributed by atoms with van der Waals surface area (Å²) in [6, 6.07) is 10.1. The van der Waals surface area contributed by atoms with Gasteiger partial charge >= 0.3 is 0 Å². The van der Waals surface area contributed by atoms with Crippen LogP contribution in [0.1, 0.15) is 55.2 Å². The SMILES string of the molecule is O=C1CCC2=C([C@@H]3Oc4c(O)ccc5c4[C@@]34CCN(CC3CC3)[C@H](C5)[C@]4(O)C2)N1Cc1cccc(F)c1. The normalized spacial score (nSPS) is 33.8. The first kappa shape index (κ1) is 22.1. The number of hydrogen-bond donors (Lipinski definition) is 2. The molecule has 6 aliphatic rings. The fourth-order valence-corrected chi connectivity index (χ4v) is 8.32. The first-order valence-electron chi connectivity index (χ1n) is 13.6. The van der Waals surface area contributed by atoms with Gasteiger partial charge in [-0.05, 0) is 79.5 Å². The Morgan fingerprint density at radius 1 is 1.16 bits per heavy atom. The van der Waals surface area contributed by atoms with E-state index in [1.54, 1.807) is 17.0 Å². The number of likely N-dealkylation sites (tertiary alicyclic amines) is 1. The highest BCUT2D eigenvalue weighted by Gasteiger charge is 2.73. The fourth-order valence-electron chi connectivity index (χ4n) is 8.32. The third kappa shape index (κ3) is 2.84. The number of piperidine rings is 1. The van der Waals surface area contributed by atoms with E-state index in [-0.39, 0.29) is 30.1 Å². The molecule has 2 aromatic rings. The van der Waals surface area contributed by atoms with Gasteiger partial charge in [0, 0.05) is 31.0 Å². The number of rotatable bonds is 4. The molecule has 192 valence electrons. The molecule has 0 radical (unpaired) electrons. The molecule has 8 rings (SSSR count). The lowest BCUT2D eigenvalue weighted by molar-refractivity contribution is -0.172. The fraction of sp³-hybridized carbons (Fsp3) is 0.500. The summed E-state index contributed by atoms with van der Waals surface area (Å²) in [4.78, 5) is 17.7. The van der Waals surface area contributed by atoms with Crippen molar-refractivity contribution in [2.24, 2.45) is 5.92 Å². The Morgan fingerprint density at radius 3 is 2.84 bits per heavy atom. The van der Waals surface area contributed by atoms with Crippen molar-refractivity contribution in [3.8, 4) is 11.5 Å². The molecule has 3 aliphatic heterocycles. The van der Waals surface area contributed by atoms with E-state index in [2.05, 4.69) is 4.90 Å². The molecule has 37 heavy (non-hydrogen) atoms. The lowest BCUT2D eigenvalue weighted by Gasteiger charge is -2.64. The Kier molecular flexibility index (Phi) is 4.40. The molecular formula is C30H31FN2O4. The highest BCUT2D eigenvalue weighted by molar-refractivity contribution is 5.81. The van der Waals surface area contributed by atoms with E-state index >= 15 is 0 Å². The second kappa shape index (κ2) is 7.35. The minimum absolute atomic E-state index is 0.00705. The number of aliphatic hydroxyl groups is 1. The highest BCUT2D eigenvalue weighted by Crippen LogP contribution is 2.67. The molecule has 2 bridgehead atoms. The highest BCUT2D eigenvalue weighted by atomic mass is 19.1. The Morgan fingerprint density at radius 2 is 2.03 bits per heavy atom. The summed E-state index contributed by atoms with van der Waals surface area (Å²) in [6.07, 6.45) is 4.86. The van der Waals surface area contributed by atoms with Gasteiger partial charge in [-0.2, -0.15) is 0 Å². The maximum atomic E-state index is 14.0. The lowest BCUT2D eigenvalue weighted by Crippen LogP contribution is -2.76. The third-order valence-electron chi connectivity index (χ3n) is 10.1. The first-order valence-corrected chi connectivity index (χ1v) is 13.6. The van der Waals surface area contributed by atoms with Gasteiger partial charge in [0.25, 0.3) is 0 Å². The van der Waals surface area contributed by atoms with Crippen LogP contribution < -0.4 is 4.74 Å². The lowest BCUT2D eigenvalue weighted by atomic mass is 9.48. The van der Waals surface area contributed by atoms with Crippen LogP contribution in [0.25, 0.3) is 0 Å². The summed E-state index contributed by atoms with van der Waals surface area (Å²) in [6.45, 7) is 2.14. The minimum Gasteiger partial charge on any atom is -0.504 e. The zero-order valence-corrected chi connectivity index (χ0v) is 20.8. The average Bonchev–Trinajstić information content (AvgIpc) is 3.61. The van der Waals surface area contributed by atoms with Crippen LogP contribution in [-0.4, -0.2) is 56.8 Å². The summed E-state index contributed by atoms with van der Waals surface area (Å²) in [5, 5.41) is 23.7. The maximum absolute atomic E-state index is 14.0. The standard InChI is InChI=1S/C30H31FN2O4/c31-21-3-1-2-18(12-21)16-33-24(35)9-7-20-14-30(36)23-13-19-6-8-22(34)27-25(19)29(30,28(37-27)26(20)33)10-11-32(23)15-17-4-5-17/h1-3,6,8,12,17,23,28,34,36H,4-5,7,9-11,13-16H2/t23-,28+,29+,30-/m1/s1. The first-order chi connectivity index (χ1) is 17.9. The van der Waals surface area contributed by atoms with Crippen molar-refractivity contribution in [3.05, 3.63) is 70.2 Å². The number of nitrogens with zero attached hydrogens (tertiary/aromatic N) is 2. The van der Waals surface area contributed by atoms with Gasteiger partial charge in [-0.1, -0.05) is 18.2 Å². The van der Waals surface area contributed by atoms with Crippen molar-refractivity contribution < 1.29 is 24.1 Å². The molecule has 3 aliphatic carbocycles. The van der Waals surface area contributed by atoms with E-state index in [1.807, 2.05) is 12.1 Å². The van der Waals surface area contributed by atoms with Gasteiger partial charge in [-0.3, -0.25) is 9.69 Å². The van der Waals surface area contributed by atoms with E-state index in [1.165, 1.54) is 25.0 Å².